The highest BCUT2D eigenvalue weighted by molar-refractivity contribution is 6.33. The highest BCUT2D eigenvalue weighted by atomic mass is 19.3. The monoisotopic (exact) mass is 294 g/mol. The molecule has 4 nitrogen and oxygen atoms in total. The zero-order valence-corrected chi connectivity index (χ0v) is 9.61. The van der Waals surface area contributed by atoms with Crippen LogP contribution in [0.2, 0.25) is 0 Å². The molecule has 3 atom stereocenters. The lowest BCUT2D eigenvalue weighted by atomic mass is 9.91. The van der Waals surface area contributed by atoms with E-state index in [0.717, 1.165) is 0 Å². The summed E-state index contributed by atoms with van der Waals surface area (Å²) in [5.74, 6) is -6.46. The zero-order valence-electron chi connectivity index (χ0n) is 9.61. The van der Waals surface area contributed by atoms with Crippen molar-refractivity contribution in [2.45, 2.75) is 43.9 Å². The number of hydrogen-bond acceptors (Lipinski definition) is 4. The molecule has 19 heavy (non-hydrogen) atoms. The SMILES string of the molecule is CC1(F)OC(F)(F)C(C)(F)C(F)(CC(=O)C(=O)F)O1. The van der Waals surface area contributed by atoms with Gasteiger partial charge in [0.25, 0.3) is 11.5 Å². The molecule has 0 bridgehead atoms. The molecule has 0 saturated carbocycles. The number of ketones is 1. The Labute approximate surface area is 102 Å². The summed E-state index contributed by atoms with van der Waals surface area (Å²) >= 11 is 0. The van der Waals surface area contributed by atoms with Gasteiger partial charge in [-0.1, -0.05) is 0 Å². The molecule has 0 aromatic heterocycles. The average molecular weight is 294 g/mol. The molecule has 0 amide bonds. The molecule has 0 aromatic rings. The van der Waals surface area contributed by atoms with Crippen molar-refractivity contribution in [2.24, 2.45) is 0 Å². The third kappa shape index (κ3) is 2.59. The Balaban J connectivity index is 3.21. The van der Waals surface area contributed by atoms with Gasteiger partial charge in [0.2, 0.25) is 5.78 Å². The van der Waals surface area contributed by atoms with E-state index in [1.54, 1.807) is 0 Å². The van der Waals surface area contributed by atoms with Gasteiger partial charge in [0.1, 0.15) is 0 Å². The normalized spacial score (nSPS) is 41.9. The lowest BCUT2D eigenvalue weighted by Crippen LogP contribution is -2.68. The van der Waals surface area contributed by atoms with Crippen molar-refractivity contribution in [3.05, 3.63) is 0 Å². The van der Waals surface area contributed by atoms with Gasteiger partial charge in [-0.25, -0.2) is 8.78 Å². The Morgan fingerprint density at radius 3 is 1.89 bits per heavy atom. The van der Waals surface area contributed by atoms with Crippen LogP contribution in [0.15, 0.2) is 0 Å². The number of rotatable bonds is 3. The number of alkyl halides is 5. The van der Waals surface area contributed by atoms with E-state index in [9.17, 15) is 35.9 Å². The van der Waals surface area contributed by atoms with Crippen molar-refractivity contribution in [2.75, 3.05) is 0 Å². The van der Waals surface area contributed by atoms with E-state index in [2.05, 4.69) is 9.47 Å². The second kappa shape index (κ2) is 4.17. The number of carbonyl (C=O) groups is 2. The molecule has 0 N–H and O–H groups in total. The van der Waals surface area contributed by atoms with Gasteiger partial charge in [-0.2, -0.15) is 17.6 Å². The van der Waals surface area contributed by atoms with Crippen molar-refractivity contribution >= 4 is 11.8 Å². The van der Waals surface area contributed by atoms with E-state index in [-0.39, 0.29) is 13.8 Å². The molecule has 1 aliphatic rings. The fraction of sp³-hybridized carbons (Fsp3) is 0.778. The third-order valence-corrected chi connectivity index (χ3v) is 2.51. The fourth-order valence-corrected chi connectivity index (χ4v) is 1.43. The first-order valence-corrected chi connectivity index (χ1v) is 4.82. The number of hydrogen-bond donors (Lipinski definition) is 0. The van der Waals surface area contributed by atoms with E-state index in [4.69, 9.17) is 0 Å². The maximum atomic E-state index is 14.0. The van der Waals surface area contributed by atoms with Crippen molar-refractivity contribution in [3.63, 3.8) is 0 Å². The van der Waals surface area contributed by atoms with E-state index in [0.29, 0.717) is 0 Å². The molecule has 1 rings (SSSR count). The summed E-state index contributed by atoms with van der Waals surface area (Å²) in [4.78, 5) is 20.7. The molecule has 0 spiro atoms. The van der Waals surface area contributed by atoms with Crippen LogP contribution in [0.1, 0.15) is 20.3 Å². The minimum absolute atomic E-state index is 0.0712. The summed E-state index contributed by atoms with van der Waals surface area (Å²) in [6.45, 7) is 0.116. The highest BCUT2D eigenvalue weighted by Gasteiger charge is 2.75. The number of Topliss-reactive ketones (excluding diaryl/α,β-unsaturated/α-hetero) is 1. The second-order valence-corrected chi connectivity index (χ2v) is 4.16. The molecular formula is C9H8F6O4. The smallest absolute Gasteiger partial charge is 0.287 e. The fourth-order valence-electron chi connectivity index (χ4n) is 1.43. The van der Waals surface area contributed by atoms with Crippen LogP contribution in [-0.2, 0) is 19.1 Å². The largest absolute Gasteiger partial charge is 0.399 e. The van der Waals surface area contributed by atoms with E-state index >= 15 is 0 Å². The summed E-state index contributed by atoms with van der Waals surface area (Å²) in [6, 6.07) is -6.48. The quantitative estimate of drug-likeness (QED) is 0.454. The van der Waals surface area contributed by atoms with Gasteiger partial charge >= 0.3 is 18.2 Å². The van der Waals surface area contributed by atoms with E-state index in [1.165, 1.54) is 0 Å². The maximum absolute atomic E-state index is 14.0. The van der Waals surface area contributed by atoms with E-state index < -0.39 is 41.9 Å². The van der Waals surface area contributed by atoms with Crippen LogP contribution in [0.25, 0.3) is 0 Å². The van der Waals surface area contributed by atoms with Crippen LogP contribution in [0, 0.1) is 0 Å². The predicted octanol–water partition coefficient (Wildman–Crippen LogP) is 2.12. The molecule has 3 unspecified atom stereocenters. The Morgan fingerprint density at radius 1 is 1.00 bits per heavy atom. The van der Waals surface area contributed by atoms with Crippen LogP contribution in [0.4, 0.5) is 26.3 Å². The first-order chi connectivity index (χ1) is 8.24. The van der Waals surface area contributed by atoms with Crippen LogP contribution >= 0.6 is 0 Å². The molecule has 1 saturated heterocycles. The molecule has 10 heteroatoms. The standard InChI is InChI=1S/C9H8F6O4/c1-6(11)8(13,3-4(16)5(10)17)18-7(2,12)19-9(6,14)15/h3H2,1-2H3. The van der Waals surface area contributed by atoms with Gasteiger partial charge in [0.15, 0.2) is 0 Å². The van der Waals surface area contributed by atoms with Crippen LogP contribution in [0.5, 0.6) is 0 Å². The topological polar surface area (TPSA) is 52.6 Å². The van der Waals surface area contributed by atoms with Crippen LogP contribution < -0.4 is 0 Å². The number of carbonyl (C=O) groups excluding carboxylic acids is 2. The van der Waals surface area contributed by atoms with Gasteiger partial charge in [0, 0.05) is 6.92 Å². The Morgan fingerprint density at radius 2 is 1.47 bits per heavy atom. The molecule has 1 aliphatic heterocycles. The zero-order chi connectivity index (χ0) is 15.3. The van der Waals surface area contributed by atoms with Gasteiger partial charge in [-0.05, 0) is 6.92 Å². The van der Waals surface area contributed by atoms with Crippen LogP contribution in [0.3, 0.4) is 0 Å². The molecular weight excluding hydrogens is 286 g/mol. The van der Waals surface area contributed by atoms with E-state index in [1.807, 2.05) is 0 Å². The molecule has 0 radical (unpaired) electrons. The average Bonchev–Trinajstić information content (AvgIpc) is 2.11. The van der Waals surface area contributed by atoms with Crippen molar-refractivity contribution in [1.29, 1.82) is 0 Å². The molecule has 1 heterocycles. The molecule has 0 aliphatic carbocycles. The molecule has 1 fully saturated rings. The van der Waals surface area contributed by atoms with Gasteiger partial charge in [-0.3, -0.25) is 19.1 Å². The highest BCUT2D eigenvalue weighted by Crippen LogP contribution is 2.53. The van der Waals surface area contributed by atoms with Gasteiger partial charge in [-0.15, -0.1) is 0 Å². The summed E-state index contributed by atoms with van der Waals surface area (Å²) < 4.78 is 86.3. The lowest BCUT2D eigenvalue weighted by Gasteiger charge is -2.47. The van der Waals surface area contributed by atoms with Gasteiger partial charge in [0.05, 0.1) is 6.42 Å². The molecule has 0 aromatic carbocycles. The van der Waals surface area contributed by atoms with Gasteiger partial charge < -0.3 is 0 Å². The summed E-state index contributed by atoms with van der Waals surface area (Å²) in [7, 11) is 0. The summed E-state index contributed by atoms with van der Waals surface area (Å²) in [5.41, 5.74) is -4.32. The first-order valence-electron chi connectivity index (χ1n) is 4.82. The lowest BCUT2D eigenvalue weighted by molar-refractivity contribution is -0.535. The third-order valence-electron chi connectivity index (χ3n) is 2.51. The van der Waals surface area contributed by atoms with Crippen molar-refractivity contribution in [1.82, 2.24) is 0 Å². The Hall–Kier alpha value is -1.16. The molecule has 110 valence electrons. The first kappa shape index (κ1) is 15.9. The number of ether oxygens (including phenoxy) is 2. The Kier molecular flexibility index (Phi) is 3.49. The summed E-state index contributed by atoms with van der Waals surface area (Å²) in [5, 5.41) is 0. The number of halogens is 6. The Bertz CT molecular complexity index is 421. The minimum atomic E-state index is -5.01. The maximum Gasteiger partial charge on any atom is 0.399 e. The van der Waals surface area contributed by atoms with Crippen molar-refractivity contribution < 1.29 is 45.4 Å². The minimum Gasteiger partial charge on any atom is -0.287 e. The second-order valence-electron chi connectivity index (χ2n) is 4.16. The van der Waals surface area contributed by atoms with Crippen molar-refractivity contribution in [3.8, 4) is 0 Å². The predicted molar refractivity (Wildman–Crippen MR) is 45.7 cm³/mol. The summed E-state index contributed by atoms with van der Waals surface area (Å²) in [6.07, 6.45) is -7.07. The van der Waals surface area contributed by atoms with Crippen LogP contribution in [-0.4, -0.2) is 35.5 Å².